The van der Waals surface area contributed by atoms with Crippen LogP contribution in [0.2, 0.25) is 5.02 Å². The molecular weight excluding hydrogens is 307 g/mol. The third-order valence-corrected chi connectivity index (χ3v) is 5.02. The fraction of sp³-hybridized carbons (Fsp3) is 0.250. The van der Waals surface area contributed by atoms with Crippen LogP contribution >= 0.6 is 19.2 Å². The van der Waals surface area contributed by atoms with Crippen molar-refractivity contribution in [1.29, 1.82) is 0 Å². The van der Waals surface area contributed by atoms with Crippen LogP contribution in [-0.4, -0.2) is 6.61 Å². The molecule has 0 aromatic heterocycles. The van der Waals surface area contributed by atoms with Gasteiger partial charge < -0.3 is 9.05 Å². The van der Waals surface area contributed by atoms with Gasteiger partial charge in [0, 0.05) is 5.02 Å². The lowest BCUT2D eigenvalue weighted by Gasteiger charge is -2.18. The predicted molar refractivity (Wildman–Crippen MR) is 85.6 cm³/mol. The van der Waals surface area contributed by atoms with Crippen molar-refractivity contribution in [3.8, 4) is 0 Å². The molecule has 2 aromatic rings. The van der Waals surface area contributed by atoms with E-state index in [2.05, 4.69) is 0 Å². The summed E-state index contributed by atoms with van der Waals surface area (Å²) in [6.45, 7) is 2.37. The van der Waals surface area contributed by atoms with Crippen molar-refractivity contribution in [1.82, 2.24) is 0 Å². The second-order valence-electron chi connectivity index (χ2n) is 4.58. The highest BCUT2D eigenvalue weighted by Crippen LogP contribution is 2.52. The Morgan fingerprint density at radius 2 is 1.71 bits per heavy atom. The first kappa shape index (κ1) is 16.3. The lowest BCUT2D eigenvalue weighted by atomic mass is 10.2. The summed E-state index contributed by atoms with van der Waals surface area (Å²) in [5, 5.41) is 0.630. The van der Waals surface area contributed by atoms with Crippen LogP contribution in [0.1, 0.15) is 18.1 Å². The molecule has 0 aliphatic heterocycles. The zero-order valence-electron chi connectivity index (χ0n) is 11.9. The summed E-state index contributed by atoms with van der Waals surface area (Å²) in [5.41, 5.74) is 1.80. The Balaban J connectivity index is 2.05. The van der Waals surface area contributed by atoms with E-state index in [9.17, 15) is 4.57 Å². The molecule has 0 aliphatic rings. The summed E-state index contributed by atoms with van der Waals surface area (Å²) < 4.78 is 23.7. The zero-order chi connectivity index (χ0) is 15.1. The maximum absolute atomic E-state index is 12.8. The largest absolute Gasteiger partial charge is 0.335 e. The van der Waals surface area contributed by atoms with Crippen LogP contribution in [-0.2, 0) is 26.4 Å². The summed E-state index contributed by atoms with van der Waals surface area (Å²) in [5.74, 6) is 0. The lowest BCUT2D eigenvalue weighted by Crippen LogP contribution is -2.00. The Kier molecular flexibility index (Phi) is 6.01. The molecule has 3 nitrogen and oxygen atoms in total. The topological polar surface area (TPSA) is 35.5 Å². The Hall–Kier alpha value is -1.12. The molecule has 0 amide bonds. The van der Waals surface area contributed by atoms with Crippen LogP contribution in [0.15, 0.2) is 54.6 Å². The van der Waals surface area contributed by atoms with Crippen molar-refractivity contribution in [3.63, 3.8) is 0 Å². The van der Waals surface area contributed by atoms with Crippen molar-refractivity contribution in [3.05, 3.63) is 70.7 Å². The van der Waals surface area contributed by atoms with Gasteiger partial charge in [0.05, 0.1) is 19.4 Å². The molecule has 0 saturated carbocycles. The smallest absolute Gasteiger partial charge is 0.309 e. The van der Waals surface area contributed by atoms with E-state index in [4.69, 9.17) is 20.6 Å². The van der Waals surface area contributed by atoms with Gasteiger partial charge in [0.1, 0.15) is 0 Å². The zero-order valence-corrected chi connectivity index (χ0v) is 13.5. The molecule has 0 radical (unpaired) electrons. The van der Waals surface area contributed by atoms with Gasteiger partial charge in [-0.25, -0.2) is 0 Å². The Labute approximate surface area is 130 Å². The van der Waals surface area contributed by atoms with Gasteiger partial charge >= 0.3 is 7.60 Å². The van der Waals surface area contributed by atoms with Gasteiger partial charge in [-0.05, 0) is 30.2 Å². The van der Waals surface area contributed by atoms with E-state index in [0.29, 0.717) is 11.6 Å². The molecule has 1 unspecified atom stereocenters. The van der Waals surface area contributed by atoms with Gasteiger partial charge in [0.25, 0.3) is 0 Å². The molecule has 2 aromatic carbocycles. The Morgan fingerprint density at radius 1 is 1.00 bits per heavy atom. The summed E-state index contributed by atoms with van der Waals surface area (Å²) in [6.07, 6.45) is 0.266. The fourth-order valence-electron chi connectivity index (χ4n) is 1.93. The second kappa shape index (κ2) is 7.77. The van der Waals surface area contributed by atoms with Gasteiger partial charge in [0.2, 0.25) is 0 Å². The van der Waals surface area contributed by atoms with E-state index in [1.54, 1.807) is 19.1 Å². The molecule has 0 fully saturated rings. The van der Waals surface area contributed by atoms with Crippen molar-refractivity contribution in [2.75, 3.05) is 6.61 Å². The molecule has 0 aliphatic carbocycles. The SMILES string of the molecule is CCOP(=O)(Cc1ccccc1)OCc1cccc(Cl)c1. The van der Waals surface area contributed by atoms with E-state index in [-0.39, 0.29) is 12.8 Å². The minimum atomic E-state index is -3.16. The first-order valence-corrected chi connectivity index (χ1v) is 8.88. The van der Waals surface area contributed by atoms with Gasteiger partial charge in [-0.3, -0.25) is 4.57 Å². The summed E-state index contributed by atoms with van der Waals surface area (Å²) in [4.78, 5) is 0. The standard InChI is InChI=1S/C16H18ClO3P/c1-2-19-21(18,13-14-7-4-3-5-8-14)20-12-15-9-6-10-16(17)11-15/h3-11H,2,12-13H2,1H3. The minimum Gasteiger partial charge on any atom is -0.309 e. The van der Waals surface area contributed by atoms with Gasteiger partial charge in [-0.1, -0.05) is 54.1 Å². The predicted octanol–water partition coefficient (Wildman–Crippen LogP) is 5.29. The molecule has 112 valence electrons. The maximum Gasteiger partial charge on any atom is 0.335 e. The third kappa shape index (κ3) is 5.29. The van der Waals surface area contributed by atoms with E-state index >= 15 is 0 Å². The second-order valence-corrected chi connectivity index (χ2v) is 7.07. The van der Waals surface area contributed by atoms with Crippen LogP contribution in [0, 0.1) is 0 Å². The van der Waals surface area contributed by atoms with E-state index < -0.39 is 7.60 Å². The minimum absolute atomic E-state index is 0.213. The Morgan fingerprint density at radius 3 is 2.38 bits per heavy atom. The van der Waals surface area contributed by atoms with Crippen LogP contribution in [0.3, 0.4) is 0 Å². The molecule has 0 heterocycles. The van der Waals surface area contributed by atoms with Gasteiger partial charge in [-0.15, -0.1) is 0 Å². The molecule has 0 N–H and O–H groups in total. The molecule has 0 spiro atoms. The monoisotopic (exact) mass is 324 g/mol. The maximum atomic E-state index is 12.8. The molecule has 0 saturated heterocycles. The number of hydrogen-bond acceptors (Lipinski definition) is 3. The van der Waals surface area contributed by atoms with E-state index in [0.717, 1.165) is 11.1 Å². The normalized spacial score (nSPS) is 13.8. The van der Waals surface area contributed by atoms with Gasteiger partial charge in [0.15, 0.2) is 0 Å². The average molecular weight is 325 g/mol. The van der Waals surface area contributed by atoms with E-state index in [1.807, 2.05) is 42.5 Å². The van der Waals surface area contributed by atoms with Crippen molar-refractivity contribution in [2.45, 2.75) is 19.7 Å². The van der Waals surface area contributed by atoms with Crippen LogP contribution in [0.5, 0.6) is 0 Å². The highest BCUT2D eigenvalue weighted by molar-refractivity contribution is 7.53. The molecule has 0 bridgehead atoms. The van der Waals surface area contributed by atoms with Gasteiger partial charge in [-0.2, -0.15) is 0 Å². The average Bonchev–Trinajstić information content (AvgIpc) is 2.47. The number of rotatable bonds is 7. The summed E-state index contributed by atoms with van der Waals surface area (Å²) in [7, 11) is -3.16. The molecular formula is C16H18ClO3P. The first-order valence-electron chi connectivity index (χ1n) is 6.78. The molecule has 5 heteroatoms. The van der Waals surface area contributed by atoms with E-state index in [1.165, 1.54) is 0 Å². The summed E-state index contributed by atoms with van der Waals surface area (Å²) >= 11 is 5.93. The number of hydrogen-bond donors (Lipinski definition) is 0. The van der Waals surface area contributed by atoms with Crippen molar-refractivity contribution >= 4 is 19.2 Å². The summed E-state index contributed by atoms with van der Waals surface area (Å²) in [6, 6.07) is 16.8. The van der Waals surface area contributed by atoms with Crippen molar-refractivity contribution in [2.24, 2.45) is 0 Å². The lowest BCUT2D eigenvalue weighted by molar-refractivity contribution is 0.203. The number of benzene rings is 2. The highest BCUT2D eigenvalue weighted by Gasteiger charge is 2.24. The Bertz CT molecular complexity index is 616. The quantitative estimate of drug-likeness (QED) is 0.649. The van der Waals surface area contributed by atoms with Crippen LogP contribution < -0.4 is 0 Å². The molecule has 1 atom stereocenters. The molecule has 2 rings (SSSR count). The van der Waals surface area contributed by atoms with Crippen molar-refractivity contribution < 1.29 is 13.6 Å². The number of halogens is 1. The van der Waals surface area contributed by atoms with Crippen LogP contribution in [0.4, 0.5) is 0 Å². The first-order chi connectivity index (χ1) is 10.1. The van der Waals surface area contributed by atoms with Crippen LogP contribution in [0.25, 0.3) is 0 Å². The fourth-order valence-corrected chi connectivity index (χ4v) is 3.80. The highest BCUT2D eigenvalue weighted by atomic mass is 35.5. The third-order valence-electron chi connectivity index (χ3n) is 2.86. The molecule has 21 heavy (non-hydrogen) atoms.